The van der Waals surface area contributed by atoms with Crippen LogP contribution in [0.3, 0.4) is 0 Å². The molecule has 4 amide bonds. The van der Waals surface area contributed by atoms with Gasteiger partial charge in [-0.2, -0.15) is 16.8 Å². The molecule has 4 fully saturated rings. The van der Waals surface area contributed by atoms with Crippen LogP contribution in [0.1, 0.15) is 125 Å². The fraction of sp³-hybridized carbons (Fsp3) is 0.875. The summed E-state index contributed by atoms with van der Waals surface area (Å²) in [5.74, 6) is -1.63. The second-order valence-corrected chi connectivity index (χ2v) is 15.8. The van der Waals surface area contributed by atoms with E-state index < -0.39 is 11.8 Å². The van der Waals surface area contributed by atoms with E-state index in [2.05, 4.69) is 50.7 Å². The van der Waals surface area contributed by atoms with Crippen molar-refractivity contribution in [1.82, 2.24) is 21.1 Å². The quantitative estimate of drug-likeness (QED) is 0.148. The lowest BCUT2D eigenvalue weighted by Gasteiger charge is -2.46. The van der Waals surface area contributed by atoms with Crippen molar-refractivity contribution in [2.75, 3.05) is 5.75 Å². The van der Waals surface area contributed by atoms with Crippen molar-refractivity contribution in [3.8, 4) is 0 Å². The minimum absolute atomic E-state index is 0.173. The Kier molecular flexibility index (Phi) is 10.9. The summed E-state index contributed by atoms with van der Waals surface area (Å²) in [6.07, 6.45) is 16.5. The van der Waals surface area contributed by atoms with Crippen molar-refractivity contribution < 1.29 is 19.2 Å². The first kappa shape index (κ1) is 32.3. The lowest BCUT2D eigenvalue weighted by atomic mass is 9.79. The van der Waals surface area contributed by atoms with Crippen LogP contribution in [-0.4, -0.2) is 56.8 Å². The van der Waals surface area contributed by atoms with Crippen LogP contribution in [0.25, 0.3) is 0 Å². The Balaban J connectivity index is 1.19. The molecule has 3 N–H and O–H groups in total. The van der Waals surface area contributed by atoms with Crippen LogP contribution < -0.4 is 16.1 Å². The number of unbranched alkanes of at least 4 members (excludes halogenated alkanes) is 9. The van der Waals surface area contributed by atoms with Gasteiger partial charge in [-0.3, -0.25) is 19.2 Å². The van der Waals surface area contributed by atoms with Crippen LogP contribution in [0, 0.1) is 23.7 Å². The largest absolute Gasteiger partial charge is 0.345 e. The molecule has 5 unspecified atom stereocenters. The minimum Gasteiger partial charge on any atom is -0.345 e. The summed E-state index contributed by atoms with van der Waals surface area (Å²) >= 11 is 1.98. The molecule has 5 atom stereocenters. The Hall–Kier alpha value is -1.61. The summed E-state index contributed by atoms with van der Waals surface area (Å²) in [6.45, 7) is 10.6. The zero-order valence-electron chi connectivity index (χ0n) is 26.1. The van der Waals surface area contributed by atoms with Gasteiger partial charge in [0.25, 0.3) is 11.8 Å². The van der Waals surface area contributed by atoms with Crippen LogP contribution in [0.2, 0.25) is 0 Å². The molecule has 0 aromatic heterocycles. The van der Waals surface area contributed by atoms with Crippen molar-refractivity contribution in [2.45, 2.75) is 147 Å². The molecule has 9 heteroatoms. The van der Waals surface area contributed by atoms with Gasteiger partial charge in [0.15, 0.2) is 0 Å². The number of rotatable bonds is 14. The number of nitrogens with zero attached hydrogens (tertiary/aromatic N) is 1. The second kappa shape index (κ2) is 13.8. The predicted molar refractivity (Wildman–Crippen MR) is 164 cm³/mol. The van der Waals surface area contributed by atoms with Crippen LogP contribution >= 0.6 is 11.8 Å². The normalized spacial score (nSPS) is 30.1. The second-order valence-electron chi connectivity index (χ2n) is 14.5. The fourth-order valence-electron chi connectivity index (χ4n) is 8.35. The maximum Gasteiger partial charge on any atom is 0.328 e. The summed E-state index contributed by atoms with van der Waals surface area (Å²) in [5, 5.41) is 7.66. The number of nitrogens with one attached hydrogen (secondary N) is 3. The van der Waals surface area contributed by atoms with Gasteiger partial charge in [0.1, 0.15) is 0 Å². The molecule has 0 radical (unpaired) electrons. The molecule has 0 spiro atoms. The van der Waals surface area contributed by atoms with E-state index in [9.17, 15) is 19.2 Å². The molecule has 8 nitrogen and oxygen atoms in total. The van der Waals surface area contributed by atoms with Gasteiger partial charge < -0.3 is 10.6 Å². The van der Waals surface area contributed by atoms with E-state index in [4.69, 9.17) is 0 Å². The van der Waals surface area contributed by atoms with Crippen molar-refractivity contribution in [3.05, 3.63) is 0 Å². The topological polar surface area (TPSA) is 108 Å². The van der Waals surface area contributed by atoms with Crippen molar-refractivity contribution in [3.63, 3.8) is 0 Å². The summed E-state index contributed by atoms with van der Waals surface area (Å²) in [6, 6.07) is -0.173. The third-order valence-electron chi connectivity index (χ3n) is 9.73. The molecule has 2 bridgehead atoms. The SMILES string of the molecule is CCCCCCCCCCCCSC1CC2CC1C1C(=O)N(NC(=O)C(=O)NC3CC(C)(C)NC(C)(C)C3)C(=O)C21. The third-order valence-corrected chi connectivity index (χ3v) is 11.2. The van der Waals surface area contributed by atoms with Gasteiger partial charge in [-0.15, -0.1) is 0 Å². The van der Waals surface area contributed by atoms with Gasteiger partial charge in [0, 0.05) is 22.4 Å². The summed E-state index contributed by atoms with van der Waals surface area (Å²) < 4.78 is 0. The highest BCUT2D eigenvalue weighted by Crippen LogP contribution is 2.58. The number of amides is 4. The van der Waals surface area contributed by atoms with E-state index in [1.165, 1.54) is 64.2 Å². The molecule has 2 heterocycles. The van der Waals surface area contributed by atoms with Crippen molar-refractivity contribution in [2.24, 2.45) is 23.7 Å². The number of hydrogen-bond acceptors (Lipinski definition) is 6. The number of thioether (sulfide) groups is 1. The van der Waals surface area contributed by atoms with E-state index in [1.807, 2.05) is 11.8 Å². The van der Waals surface area contributed by atoms with Gasteiger partial charge in [-0.05, 0) is 77.4 Å². The summed E-state index contributed by atoms with van der Waals surface area (Å²) in [7, 11) is 0. The van der Waals surface area contributed by atoms with Gasteiger partial charge in [0.05, 0.1) is 11.8 Å². The average molecular weight is 591 g/mol. The maximum atomic E-state index is 13.4. The summed E-state index contributed by atoms with van der Waals surface area (Å²) in [4.78, 5) is 52.1. The molecule has 2 saturated heterocycles. The first-order valence-corrected chi connectivity index (χ1v) is 17.4. The fourth-order valence-corrected chi connectivity index (χ4v) is 9.94. The zero-order valence-corrected chi connectivity index (χ0v) is 26.9. The molecule has 2 saturated carbocycles. The van der Waals surface area contributed by atoms with Crippen LogP contribution in [0.5, 0.6) is 0 Å². The maximum absolute atomic E-state index is 13.4. The van der Waals surface area contributed by atoms with Crippen LogP contribution in [0.4, 0.5) is 0 Å². The highest BCUT2D eigenvalue weighted by atomic mass is 32.2. The molecule has 0 aromatic carbocycles. The van der Waals surface area contributed by atoms with Gasteiger partial charge in [-0.25, -0.2) is 5.43 Å². The Morgan fingerprint density at radius 1 is 0.829 bits per heavy atom. The van der Waals surface area contributed by atoms with E-state index in [0.29, 0.717) is 18.1 Å². The van der Waals surface area contributed by atoms with Gasteiger partial charge in [-0.1, -0.05) is 64.7 Å². The number of hydrogen-bond donors (Lipinski definition) is 3. The van der Waals surface area contributed by atoms with Crippen molar-refractivity contribution >= 4 is 35.4 Å². The number of carbonyl (C=O) groups is 4. The molecule has 4 aliphatic rings. The van der Waals surface area contributed by atoms with Gasteiger partial charge >= 0.3 is 11.8 Å². The van der Waals surface area contributed by atoms with E-state index in [-0.39, 0.29) is 52.6 Å². The molecule has 2 aliphatic carbocycles. The molecule has 2 aliphatic heterocycles. The molecule has 4 rings (SSSR count). The van der Waals surface area contributed by atoms with E-state index >= 15 is 0 Å². The Bertz CT molecular complexity index is 953. The highest BCUT2D eigenvalue weighted by molar-refractivity contribution is 7.99. The minimum atomic E-state index is -0.944. The predicted octanol–water partition coefficient (Wildman–Crippen LogP) is 5.11. The first-order chi connectivity index (χ1) is 19.4. The lowest BCUT2D eigenvalue weighted by Crippen LogP contribution is -2.63. The molecular weight excluding hydrogens is 536 g/mol. The standard InChI is InChI=1S/C32H54N4O4S/c1-6-7-8-9-10-11-12-13-14-15-16-41-24-18-21-17-23(24)26-25(21)29(39)36(30(26)40)34-28(38)27(37)33-22-19-31(2,3)35-32(4,5)20-22/h21-26,35H,6-20H2,1-5H3,(H,33,37)(H,34,38). The van der Waals surface area contributed by atoms with E-state index in [0.717, 1.165) is 23.6 Å². The monoisotopic (exact) mass is 590 g/mol. The molecule has 41 heavy (non-hydrogen) atoms. The number of carbonyl (C=O) groups excluding carboxylic acids is 4. The number of piperidine rings is 1. The van der Waals surface area contributed by atoms with E-state index in [1.54, 1.807) is 0 Å². The number of fused-ring (bicyclic) bond motifs is 5. The smallest absolute Gasteiger partial charge is 0.328 e. The number of hydrazine groups is 1. The highest BCUT2D eigenvalue weighted by Gasteiger charge is 2.64. The summed E-state index contributed by atoms with van der Waals surface area (Å²) in [5.41, 5.74) is 2.00. The number of imide groups is 1. The Morgan fingerprint density at radius 2 is 1.39 bits per heavy atom. The molecule has 0 aromatic rings. The zero-order chi connectivity index (χ0) is 29.8. The van der Waals surface area contributed by atoms with Crippen LogP contribution in [-0.2, 0) is 19.2 Å². The lowest BCUT2D eigenvalue weighted by molar-refractivity contribution is -0.152. The first-order valence-electron chi connectivity index (χ1n) is 16.3. The van der Waals surface area contributed by atoms with Crippen molar-refractivity contribution in [1.29, 1.82) is 0 Å². The average Bonchev–Trinajstić information content (AvgIpc) is 3.52. The van der Waals surface area contributed by atoms with Crippen LogP contribution in [0.15, 0.2) is 0 Å². The molecular formula is C32H54N4O4S. The third kappa shape index (κ3) is 8.07. The molecule has 232 valence electrons. The van der Waals surface area contributed by atoms with Gasteiger partial charge in [0.2, 0.25) is 0 Å². The Labute approximate surface area is 251 Å². The Morgan fingerprint density at radius 3 is 2.00 bits per heavy atom.